The van der Waals surface area contributed by atoms with Crippen molar-refractivity contribution in [2.75, 3.05) is 0 Å². The monoisotopic (exact) mass is 347 g/mol. The molecule has 0 saturated heterocycles. The maximum atomic E-state index is 4.03. The molecule has 3 aliphatic carbocycles. The van der Waals surface area contributed by atoms with Crippen molar-refractivity contribution in [1.29, 1.82) is 0 Å². The first kappa shape index (κ1) is 17.0. The van der Waals surface area contributed by atoms with Crippen LogP contribution < -0.4 is 5.46 Å². The van der Waals surface area contributed by atoms with Crippen LogP contribution in [0.5, 0.6) is 0 Å². The van der Waals surface area contributed by atoms with Crippen molar-refractivity contribution in [2.45, 2.75) is 83.9 Å². The van der Waals surface area contributed by atoms with Crippen LogP contribution in [0.2, 0.25) is 6.82 Å². The molecule has 3 aliphatic rings. The largest absolute Gasteiger partial charge is 0.358 e. The highest BCUT2D eigenvalue weighted by molar-refractivity contribution is 6.55. The van der Waals surface area contributed by atoms with Crippen LogP contribution in [0.4, 0.5) is 0 Å². The summed E-state index contributed by atoms with van der Waals surface area (Å²) in [6.45, 7) is 10.0. The molecule has 138 valence electrons. The molecule has 0 aliphatic heterocycles. The average molecular weight is 347 g/mol. The number of fused-ring (bicyclic) bond motifs is 5. The molecule has 1 N–H and O–H groups in total. The number of H-pyrrole nitrogens is 1. The Hall–Kier alpha value is -1.18. The molecular weight excluding hydrogens is 313 g/mol. The second-order valence-electron chi connectivity index (χ2n) is 10.4. The molecule has 1 aromatic carbocycles. The second kappa shape index (κ2) is 5.66. The van der Waals surface area contributed by atoms with Crippen LogP contribution >= 0.6 is 0 Å². The van der Waals surface area contributed by atoms with Gasteiger partial charge in [-0.05, 0) is 66.8 Å². The van der Waals surface area contributed by atoms with Gasteiger partial charge in [0.05, 0.1) is 0 Å². The predicted octanol–water partition coefficient (Wildman–Crippen LogP) is 5.65. The summed E-state index contributed by atoms with van der Waals surface area (Å²) < 4.78 is 0. The van der Waals surface area contributed by atoms with Gasteiger partial charge in [0.2, 0.25) is 0 Å². The minimum atomic E-state index is 0.339. The Labute approximate surface area is 159 Å². The molecule has 2 aromatic rings. The minimum Gasteiger partial charge on any atom is -0.358 e. The molecule has 0 spiro atoms. The van der Waals surface area contributed by atoms with E-state index in [1.807, 2.05) is 0 Å². The molecule has 1 nitrogen and oxygen atoms in total. The first-order valence-electron chi connectivity index (χ1n) is 11.1. The van der Waals surface area contributed by atoms with Gasteiger partial charge in [-0.3, -0.25) is 0 Å². The van der Waals surface area contributed by atoms with Crippen molar-refractivity contribution < 1.29 is 0 Å². The smallest absolute Gasteiger partial charge is 0.157 e. The van der Waals surface area contributed by atoms with Crippen molar-refractivity contribution in [3.8, 4) is 0 Å². The zero-order chi connectivity index (χ0) is 18.1. The Morgan fingerprint density at radius 3 is 2.58 bits per heavy atom. The summed E-state index contributed by atoms with van der Waals surface area (Å²) in [6.07, 6.45) is 9.87. The fraction of sp³-hybridized carbons (Fsp3) is 0.667. The molecular formula is C24H34BN. The molecule has 0 amide bonds. The summed E-state index contributed by atoms with van der Waals surface area (Å²) in [5.74, 6) is 2.54. The zero-order valence-electron chi connectivity index (χ0n) is 17.1. The first-order chi connectivity index (χ1) is 12.5. The topological polar surface area (TPSA) is 15.8 Å². The van der Waals surface area contributed by atoms with Crippen LogP contribution in [0.1, 0.15) is 82.9 Å². The summed E-state index contributed by atoms with van der Waals surface area (Å²) in [5, 5.41) is 1.55. The minimum absolute atomic E-state index is 0.339. The molecule has 0 bridgehead atoms. The van der Waals surface area contributed by atoms with Gasteiger partial charge in [0.25, 0.3) is 0 Å². The van der Waals surface area contributed by atoms with E-state index in [4.69, 9.17) is 0 Å². The Kier molecular flexibility index (Phi) is 3.69. The van der Waals surface area contributed by atoms with E-state index in [1.165, 1.54) is 55.9 Å². The van der Waals surface area contributed by atoms with E-state index in [-0.39, 0.29) is 0 Å². The molecule has 3 atom stereocenters. The van der Waals surface area contributed by atoms with Gasteiger partial charge >= 0.3 is 0 Å². The fourth-order valence-corrected chi connectivity index (χ4v) is 7.08. The Bertz CT molecular complexity index is 843. The highest BCUT2D eigenvalue weighted by Crippen LogP contribution is 2.61. The Balaban J connectivity index is 1.79. The van der Waals surface area contributed by atoms with Gasteiger partial charge in [0, 0.05) is 22.5 Å². The number of aromatic nitrogens is 1. The summed E-state index contributed by atoms with van der Waals surface area (Å²) in [7, 11) is 1.12. The molecule has 1 aromatic heterocycles. The van der Waals surface area contributed by atoms with Crippen LogP contribution in [0.15, 0.2) is 18.2 Å². The van der Waals surface area contributed by atoms with Crippen LogP contribution in [-0.2, 0) is 5.41 Å². The maximum absolute atomic E-state index is 4.03. The lowest BCUT2D eigenvalue weighted by Crippen LogP contribution is -2.44. The number of para-hydroxylation sites is 1. The van der Waals surface area contributed by atoms with Crippen LogP contribution in [-0.4, -0.2) is 12.3 Å². The number of hydrogen-bond acceptors (Lipinski definition) is 0. The molecule has 5 rings (SSSR count). The first-order valence-corrected chi connectivity index (χ1v) is 11.1. The summed E-state index contributed by atoms with van der Waals surface area (Å²) in [4.78, 5) is 4.03. The van der Waals surface area contributed by atoms with Crippen molar-refractivity contribution in [3.63, 3.8) is 0 Å². The van der Waals surface area contributed by atoms with E-state index < -0.39 is 0 Å². The number of aromatic amines is 1. The molecule has 1 heterocycles. The molecule has 3 unspecified atom stereocenters. The van der Waals surface area contributed by atoms with Gasteiger partial charge in [-0.1, -0.05) is 57.7 Å². The molecule has 2 saturated carbocycles. The molecule has 26 heavy (non-hydrogen) atoms. The number of rotatable bonds is 2. The second-order valence-corrected chi connectivity index (χ2v) is 10.4. The lowest BCUT2D eigenvalue weighted by Gasteiger charge is -2.51. The maximum Gasteiger partial charge on any atom is 0.157 e. The standard InChI is InChI=1S/C24H34BN/c1-23(2)13-6-14-24(3)19(23)12-11-16(15-9-10-15)22-20(24)17-7-5-8-18(25-4)21(17)26-22/h5,7-8,15-16,19,25-26H,6,9-14H2,1-4H3. The molecule has 0 radical (unpaired) electrons. The van der Waals surface area contributed by atoms with Crippen molar-refractivity contribution >= 4 is 23.6 Å². The normalized spacial score (nSPS) is 33.4. The SMILES string of the molecule is CBc1cccc2c3c([nH]c12)C(C1CC1)CCC1C(C)(C)CCCC31C. The van der Waals surface area contributed by atoms with Crippen LogP contribution in [0.25, 0.3) is 10.9 Å². The van der Waals surface area contributed by atoms with E-state index in [9.17, 15) is 0 Å². The van der Waals surface area contributed by atoms with Gasteiger partial charge in [0.15, 0.2) is 7.28 Å². The van der Waals surface area contributed by atoms with Crippen LogP contribution in [0, 0.1) is 17.3 Å². The lowest BCUT2D eigenvalue weighted by molar-refractivity contribution is 0.0501. The number of hydrogen-bond donors (Lipinski definition) is 1. The van der Waals surface area contributed by atoms with E-state index >= 15 is 0 Å². The zero-order valence-corrected chi connectivity index (χ0v) is 17.1. The highest BCUT2D eigenvalue weighted by atomic mass is 14.8. The van der Waals surface area contributed by atoms with Crippen molar-refractivity contribution in [2.24, 2.45) is 17.3 Å². The van der Waals surface area contributed by atoms with Gasteiger partial charge in [-0.25, -0.2) is 0 Å². The summed E-state index contributed by atoms with van der Waals surface area (Å²) in [6, 6.07) is 7.05. The van der Waals surface area contributed by atoms with E-state index in [0.29, 0.717) is 10.8 Å². The third-order valence-corrected chi connectivity index (χ3v) is 8.46. The quantitative estimate of drug-likeness (QED) is 0.676. The van der Waals surface area contributed by atoms with Gasteiger partial charge in [0.1, 0.15) is 0 Å². The number of benzene rings is 1. The third-order valence-electron chi connectivity index (χ3n) is 8.46. The Morgan fingerprint density at radius 2 is 1.85 bits per heavy atom. The number of nitrogens with one attached hydrogen (secondary N) is 1. The van der Waals surface area contributed by atoms with E-state index in [1.54, 1.807) is 16.6 Å². The van der Waals surface area contributed by atoms with Crippen LogP contribution in [0.3, 0.4) is 0 Å². The Morgan fingerprint density at radius 1 is 1.04 bits per heavy atom. The summed E-state index contributed by atoms with van der Waals surface area (Å²) >= 11 is 0. The molecule has 2 fully saturated rings. The third kappa shape index (κ3) is 2.30. The average Bonchev–Trinajstić information content (AvgIpc) is 3.36. The van der Waals surface area contributed by atoms with E-state index in [2.05, 4.69) is 50.8 Å². The molecule has 2 heteroatoms. The fourth-order valence-electron chi connectivity index (χ4n) is 7.08. The van der Waals surface area contributed by atoms with E-state index in [0.717, 1.165) is 25.0 Å². The van der Waals surface area contributed by atoms with Gasteiger partial charge in [-0.15, -0.1) is 0 Å². The van der Waals surface area contributed by atoms with Crippen molar-refractivity contribution in [3.05, 3.63) is 29.5 Å². The predicted molar refractivity (Wildman–Crippen MR) is 114 cm³/mol. The van der Waals surface area contributed by atoms with Crippen molar-refractivity contribution in [1.82, 2.24) is 4.98 Å². The van der Waals surface area contributed by atoms with Gasteiger partial charge in [-0.2, -0.15) is 0 Å². The van der Waals surface area contributed by atoms with Gasteiger partial charge < -0.3 is 4.98 Å². The summed E-state index contributed by atoms with van der Waals surface area (Å²) in [5.41, 5.74) is 7.14. The lowest BCUT2D eigenvalue weighted by atomic mass is 9.53. The highest BCUT2D eigenvalue weighted by Gasteiger charge is 2.52.